The molecule has 33 heavy (non-hydrogen) atoms. The lowest BCUT2D eigenvalue weighted by Gasteiger charge is -2.14. The maximum absolute atomic E-state index is 12.0. The normalized spacial score (nSPS) is 10.4. The van der Waals surface area contributed by atoms with Gasteiger partial charge in [0.1, 0.15) is 11.5 Å². The van der Waals surface area contributed by atoms with Crippen molar-refractivity contribution in [3.05, 3.63) is 53.3 Å². The van der Waals surface area contributed by atoms with Gasteiger partial charge in [0.2, 0.25) is 5.91 Å². The SMILES string of the molecule is CCCc1c(OCCCCCC(=O)NCCCCc2cccnc2)ccc(C(C)=O)c1O.Cl. The van der Waals surface area contributed by atoms with Crippen molar-refractivity contribution in [1.82, 2.24) is 10.3 Å². The van der Waals surface area contributed by atoms with Gasteiger partial charge in [-0.3, -0.25) is 14.6 Å². The number of ether oxygens (including phenoxy) is 1. The number of hydrogen-bond acceptors (Lipinski definition) is 5. The van der Waals surface area contributed by atoms with Crippen molar-refractivity contribution in [3.8, 4) is 11.5 Å². The Morgan fingerprint density at radius 3 is 2.58 bits per heavy atom. The summed E-state index contributed by atoms with van der Waals surface area (Å²) in [6, 6.07) is 7.40. The molecule has 1 aromatic heterocycles. The minimum atomic E-state index is -0.154. The number of unbranched alkanes of at least 4 members (excludes halogenated alkanes) is 3. The Hall–Kier alpha value is -2.60. The number of amides is 1. The summed E-state index contributed by atoms with van der Waals surface area (Å²) in [6.45, 7) is 4.70. The van der Waals surface area contributed by atoms with Gasteiger partial charge >= 0.3 is 0 Å². The molecule has 1 aromatic carbocycles. The van der Waals surface area contributed by atoms with Crippen LogP contribution in [0, 0.1) is 0 Å². The number of pyridine rings is 1. The number of Topliss-reactive ketones (excluding diaryl/α,β-unsaturated/α-hetero) is 1. The van der Waals surface area contributed by atoms with E-state index in [0.29, 0.717) is 42.9 Å². The second-order valence-corrected chi connectivity index (χ2v) is 8.07. The van der Waals surface area contributed by atoms with Crippen LogP contribution in [-0.4, -0.2) is 34.9 Å². The number of aryl methyl sites for hydroxylation is 1. The summed E-state index contributed by atoms with van der Waals surface area (Å²) in [4.78, 5) is 27.7. The second-order valence-electron chi connectivity index (χ2n) is 8.07. The molecule has 0 aliphatic rings. The summed E-state index contributed by atoms with van der Waals surface area (Å²) in [5.41, 5.74) is 2.26. The largest absolute Gasteiger partial charge is 0.507 e. The monoisotopic (exact) mass is 476 g/mol. The number of benzene rings is 1. The summed E-state index contributed by atoms with van der Waals surface area (Å²) in [5.74, 6) is 0.618. The number of nitrogens with one attached hydrogen (secondary N) is 1. The first-order valence-electron chi connectivity index (χ1n) is 11.7. The van der Waals surface area contributed by atoms with Crippen LogP contribution in [0.2, 0.25) is 0 Å². The highest BCUT2D eigenvalue weighted by molar-refractivity contribution is 5.97. The lowest BCUT2D eigenvalue weighted by molar-refractivity contribution is -0.121. The van der Waals surface area contributed by atoms with Crippen molar-refractivity contribution in [2.75, 3.05) is 13.2 Å². The number of carbonyl (C=O) groups excluding carboxylic acids is 2. The van der Waals surface area contributed by atoms with Crippen molar-refractivity contribution < 1.29 is 19.4 Å². The zero-order chi connectivity index (χ0) is 23.2. The van der Waals surface area contributed by atoms with Crippen LogP contribution < -0.4 is 10.1 Å². The van der Waals surface area contributed by atoms with E-state index < -0.39 is 0 Å². The fourth-order valence-corrected chi connectivity index (χ4v) is 3.59. The fourth-order valence-electron chi connectivity index (χ4n) is 3.59. The van der Waals surface area contributed by atoms with Crippen LogP contribution in [0.1, 0.15) is 80.3 Å². The molecule has 0 bridgehead atoms. The van der Waals surface area contributed by atoms with Crippen LogP contribution in [0.25, 0.3) is 0 Å². The van der Waals surface area contributed by atoms with Crippen LogP contribution in [0.3, 0.4) is 0 Å². The van der Waals surface area contributed by atoms with Gasteiger partial charge in [-0.2, -0.15) is 0 Å². The molecule has 2 aromatic rings. The molecule has 0 fully saturated rings. The molecule has 1 amide bonds. The van der Waals surface area contributed by atoms with Gasteiger partial charge in [0, 0.05) is 30.9 Å². The zero-order valence-corrected chi connectivity index (χ0v) is 20.6. The van der Waals surface area contributed by atoms with Crippen molar-refractivity contribution >= 4 is 24.1 Å². The summed E-state index contributed by atoms with van der Waals surface area (Å²) in [5, 5.41) is 13.4. The Labute approximate surface area is 203 Å². The van der Waals surface area contributed by atoms with E-state index in [2.05, 4.69) is 16.4 Å². The van der Waals surface area contributed by atoms with Gasteiger partial charge in [0.25, 0.3) is 0 Å². The molecule has 0 aliphatic carbocycles. The number of phenols is 1. The molecule has 7 heteroatoms. The van der Waals surface area contributed by atoms with Crippen molar-refractivity contribution in [2.45, 2.75) is 71.6 Å². The van der Waals surface area contributed by atoms with E-state index in [1.165, 1.54) is 12.5 Å². The van der Waals surface area contributed by atoms with Gasteiger partial charge in [-0.25, -0.2) is 0 Å². The number of ketones is 1. The first kappa shape index (κ1) is 28.4. The Balaban J connectivity index is 0.00000544. The van der Waals surface area contributed by atoms with E-state index in [0.717, 1.165) is 44.9 Å². The summed E-state index contributed by atoms with van der Waals surface area (Å²) < 4.78 is 5.86. The molecular weight excluding hydrogens is 440 g/mol. The van der Waals surface area contributed by atoms with Crippen LogP contribution in [0.5, 0.6) is 11.5 Å². The van der Waals surface area contributed by atoms with E-state index in [1.807, 2.05) is 19.2 Å². The van der Waals surface area contributed by atoms with Crippen LogP contribution in [0.15, 0.2) is 36.7 Å². The Morgan fingerprint density at radius 1 is 1.06 bits per heavy atom. The highest BCUT2D eigenvalue weighted by Gasteiger charge is 2.15. The van der Waals surface area contributed by atoms with Gasteiger partial charge in [-0.05, 0) is 75.6 Å². The molecule has 1 heterocycles. The number of aromatic nitrogens is 1. The molecule has 0 atom stereocenters. The molecule has 0 saturated heterocycles. The number of rotatable bonds is 15. The average Bonchev–Trinajstić information content (AvgIpc) is 2.78. The van der Waals surface area contributed by atoms with Gasteiger partial charge in [-0.1, -0.05) is 19.4 Å². The summed E-state index contributed by atoms with van der Waals surface area (Å²) >= 11 is 0. The quantitative estimate of drug-likeness (QED) is 0.264. The molecule has 0 spiro atoms. The number of aromatic hydroxyl groups is 1. The number of phenolic OH excluding ortho intramolecular Hbond substituents is 1. The number of carbonyl (C=O) groups is 2. The predicted molar refractivity (Wildman–Crippen MR) is 134 cm³/mol. The second kappa shape index (κ2) is 16.1. The molecule has 0 radical (unpaired) electrons. The predicted octanol–water partition coefficient (Wildman–Crippen LogP) is 5.44. The molecule has 2 N–H and O–H groups in total. The van der Waals surface area contributed by atoms with Crippen molar-refractivity contribution in [3.63, 3.8) is 0 Å². The Morgan fingerprint density at radius 2 is 1.88 bits per heavy atom. The van der Waals surface area contributed by atoms with Crippen LogP contribution in [0.4, 0.5) is 0 Å². The molecule has 182 valence electrons. The number of nitrogens with zero attached hydrogens (tertiary/aromatic N) is 1. The summed E-state index contributed by atoms with van der Waals surface area (Å²) in [6.07, 6.45) is 11.2. The topological polar surface area (TPSA) is 88.5 Å². The minimum Gasteiger partial charge on any atom is -0.507 e. The maximum atomic E-state index is 12.0. The van der Waals surface area contributed by atoms with Crippen molar-refractivity contribution in [1.29, 1.82) is 0 Å². The molecule has 2 rings (SSSR count). The zero-order valence-electron chi connectivity index (χ0n) is 19.8. The Bertz CT molecular complexity index is 859. The van der Waals surface area contributed by atoms with Gasteiger partial charge < -0.3 is 15.2 Å². The van der Waals surface area contributed by atoms with Gasteiger partial charge in [0.05, 0.1) is 12.2 Å². The van der Waals surface area contributed by atoms with Crippen LogP contribution in [-0.2, 0) is 17.6 Å². The van der Waals surface area contributed by atoms with E-state index in [9.17, 15) is 14.7 Å². The van der Waals surface area contributed by atoms with Gasteiger partial charge in [-0.15, -0.1) is 12.4 Å². The van der Waals surface area contributed by atoms with E-state index in [1.54, 1.807) is 18.3 Å². The fraction of sp³-hybridized carbons (Fsp3) is 0.500. The number of hydrogen-bond donors (Lipinski definition) is 2. The van der Waals surface area contributed by atoms with E-state index in [4.69, 9.17) is 4.74 Å². The van der Waals surface area contributed by atoms with Gasteiger partial charge in [0.15, 0.2) is 5.78 Å². The van der Waals surface area contributed by atoms with Crippen molar-refractivity contribution in [2.24, 2.45) is 0 Å². The van der Waals surface area contributed by atoms with Crippen LogP contribution >= 0.6 is 12.4 Å². The third-order valence-corrected chi connectivity index (χ3v) is 5.36. The highest BCUT2D eigenvalue weighted by atomic mass is 35.5. The highest BCUT2D eigenvalue weighted by Crippen LogP contribution is 2.33. The standard InChI is InChI=1S/C26H36N2O4.ClH/c1-3-10-23-24(15-14-22(20(2)29)26(23)31)32-18-8-4-5-13-25(30)28-17-7-6-11-21-12-9-16-27-19-21;/h9,12,14-16,19,31H,3-8,10-11,13,17-18H2,1-2H3,(H,28,30);1H. The first-order valence-corrected chi connectivity index (χ1v) is 11.7. The maximum Gasteiger partial charge on any atom is 0.219 e. The smallest absolute Gasteiger partial charge is 0.219 e. The molecule has 0 unspecified atom stereocenters. The first-order chi connectivity index (χ1) is 15.5. The average molecular weight is 477 g/mol. The molecule has 0 saturated carbocycles. The summed E-state index contributed by atoms with van der Waals surface area (Å²) in [7, 11) is 0. The lowest BCUT2D eigenvalue weighted by atomic mass is 10.0. The third kappa shape index (κ3) is 10.3. The molecule has 6 nitrogen and oxygen atoms in total. The molecule has 0 aliphatic heterocycles. The Kier molecular flexibility index (Phi) is 13.9. The van der Waals surface area contributed by atoms with E-state index >= 15 is 0 Å². The third-order valence-electron chi connectivity index (χ3n) is 5.36. The lowest BCUT2D eigenvalue weighted by Crippen LogP contribution is -2.24. The minimum absolute atomic E-state index is 0. The number of halogens is 1. The van der Waals surface area contributed by atoms with E-state index in [-0.39, 0.29) is 29.8 Å². The molecular formula is C26H37ClN2O4.